The Morgan fingerprint density at radius 1 is 0.821 bits per heavy atom. The van der Waals surface area contributed by atoms with Gasteiger partial charge >= 0.3 is 0 Å². The van der Waals surface area contributed by atoms with Gasteiger partial charge in [0.25, 0.3) is 0 Å². The van der Waals surface area contributed by atoms with E-state index in [0.29, 0.717) is 6.61 Å². The quantitative estimate of drug-likeness (QED) is 0.540. The lowest BCUT2D eigenvalue weighted by atomic mass is 10.1. The first-order chi connectivity index (χ1) is 13.8. The van der Waals surface area contributed by atoms with Crippen LogP contribution in [-0.2, 0) is 19.6 Å². The number of hydrogen-bond donors (Lipinski definition) is 1. The van der Waals surface area contributed by atoms with E-state index in [9.17, 15) is 0 Å². The zero-order valence-corrected chi connectivity index (χ0v) is 16.4. The van der Waals surface area contributed by atoms with E-state index in [4.69, 9.17) is 14.2 Å². The highest BCUT2D eigenvalue weighted by atomic mass is 16.5. The van der Waals surface area contributed by atoms with E-state index < -0.39 is 0 Å². The Morgan fingerprint density at radius 3 is 2.39 bits per heavy atom. The maximum atomic E-state index is 5.89. The standard InChI is InChI=1S/C23H26N2O3/c1-26-21-6-4-3-5-20(21)11-14-25-16-19-7-8-22(23(15-19)27-2)28-17-18-9-12-24-13-10-18/h3-10,12-13,15,25H,11,14,16-17H2,1-2H3. The van der Waals surface area contributed by atoms with Gasteiger partial charge in [0.1, 0.15) is 12.4 Å². The number of para-hydroxylation sites is 1. The summed E-state index contributed by atoms with van der Waals surface area (Å²) in [6.07, 6.45) is 4.43. The number of ether oxygens (including phenoxy) is 3. The Hall–Kier alpha value is -3.05. The normalized spacial score (nSPS) is 10.5. The van der Waals surface area contributed by atoms with E-state index in [-0.39, 0.29) is 0 Å². The van der Waals surface area contributed by atoms with Crippen LogP contribution in [0.5, 0.6) is 17.2 Å². The molecule has 0 radical (unpaired) electrons. The average molecular weight is 378 g/mol. The van der Waals surface area contributed by atoms with Crippen LogP contribution in [0.3, 0.4) is 0 Å². The second-order valence-corrected chi connectivity index (χ2v) is 6.37. The lowest BCUT2D eigenvalue weighted by molar-refractivity contribution is 0.284. The van der Waals surface area contributed by atoms with Crippen LogP contribution in [-0.4, -0.2) is 25.7 Å². The second kappa shape index (κ2) is 10.3. The van der Waals surface area contributed by atoms with Gasteiger partial charge in [-0.25, -0.2) is 0 Å². The average Bonchev–Trinajstić information content (AvgIpc) is 2.76. The molecule has 0 bridgehead atoms. The van der Waals surface area contributed by atoms with Gasteiger partial charge in [-0.2, -0.15) is 0 Å². The minimum absolute atomic E-state index is 0.482. The summed E-state index contributed by atoms with van der Waals surface area (Å²) in [5.41, 5.74) is 3.42. The Labute approximate surface area is 166 Å². The summed E-state index contributed by atoms with van der Waals surface area (Å²) in [7, 11) is 3.37. The van der Waals surface area contributed by atoms with Crippen LogP contribution in [0.15, 0.2) is 67.0 Å². The number of pyridine rings is 1. The van der Waals surface area contributed by atoms with Gasteiger partial charge in [0.2, 0.25) is 0 Å². The number of aromatic nitrogens is 1. The first-order valence-electron chi connectivity index (χ1n) is 9.31. The van der Waals surface area contributed by atoms with Gasteiger partial charge in [0.05, 0.1) is 14.2 Å². The molecule has 1 aromatic heterocycles. The predicted molar refractivity (Wildman–Crippen MR) is 110 cm³/mol. The molecule has 28 heavy (non-hydrogen) atoms. The molecule has 0 amide bonds. The van der Waals surface area contributed by atoms with Gasteiger partial charge in [0.15, 0.2) is 11.5 Å². The van der Waals surface area contributed by atoms with Gasteiger partial charge in [-0.05, 0) is 60.0 Å². The molecule has 0 saturated heterocycles. The molecule has 0 aliphatic rings. The zero-order chi connectivity index (χ0) is 19.6. The van der Waals surface area contributed by atoms with E-state index in [1.807, 2.05) is 42.5 Å². The summed E-state index contributed by atoms with van der Waals surface area (Å²) in [6, 6.07) is 18.0. The molecule has 146 valence electrons. The molecule has 5 nitrogen and oxygen atoms in total. The molecule has 1 N–H and O–H groups in total. The predicted octanol–water partition coefficient (Wildman–Crippen LogP) is 4.01. The molecule has 0 atom stereocenters. The maximum absolute atomic E-state index is 5.89. The highest BCUT2D eigenvalue weighted by molar-refractivity contribution is 5.43. The van der Waals surface area contributed by atoms with Crippen molar-refractivity contribution in [3.05, 3.63) is 83.7 Å². The van der Waals surface area contributed by atoms with Gasteiger partial charge in [-0.1, -0.05) is 24.3 Å². The van der Waals surface area contributed by atoms with Crippen molar-refractivity contribution in [2.45, 2.75) is 19.6 Å². The monoisotopic (exact) mass is 378 g/mol. The number of benzene rings is 2. The fraction of sp³-hybridized carbons (Fsp3) is 0.261. The third kappa shape index (κ3) is 5.47. The molecule has 0 spiro atoms. The summed E-state index contributed by atoms with van der Waals surface area (Å²) >= 11 is 0. The van der Waals surface area contributed by atoms with Gasteiger partial charge in [-0.3, -0.25) is 4.98 Å². The fourth-order valence-corrected chi connectivity index (χ4v) is 2.95. The van der Waals surface area contributed by atoms with Crippen LogP contribution in [0.4, 0.5) is 0 Å². The molecule has 0 aliphatic heterocycles. The largest absolute Gasteiger partial charge is 0.496 e. The van der Waals surface area contributed by atoms with E-state index in [0.717, 1.165) is 47.9 Å². The van der Waals surface area contributed by atoms with Crippen molar-refractivity contribution in [2.24, 2.45) is 0 Å². The smallest absolute Gasteiger partial charge is 0.161 e. The third-order valence-corrected chi connectivity index (χ3v) is 4.46. The first-order valence-corrected chi connectivity index (χ1v) is 9.31. The first kappa shape index (κ1) is 19.7. The van der Waals surface area contributed by atoms with Gasteiger partial charge in [-0.15, -0.1) is 0 Å². The van der Waals surface area contributed by atoms with Crippen LogP contribution < -0.4 is 19.5 Å². The Balaban J connectivity index is 1.52. The Kier molecular flexibility index (Phi) is 7.27. The SMILES string of the molecule is COc1ccccc1CCNCc1ccc(OCc2ccncc2)c(OC)c1. The zero-order valence-electron chi connectivity index (χ0n) is 16.4. The number of hydrogen-bond acceptors (Lipinski definition) is 5. The fourth-order valence-electron chi connectivity index (χ4n) is 2.95. The molecular formula is C23H26N2O3. The molecule has 0 aliphatic carbocycles. The van der Waals surface area contributed by atoms with Crippen LogP contribution in [0, 0.1) is 0 Å². The molecule has 3 aromatic rings. The Morgan fingerprint density at radius 2 is 1.61 bits per heavy atom. The van der Waals surface area contributed by atoms with Crippen molar-refractivity contribution in [2.75, 3.05) is 20.8 Å². The van der Waals surface area contributed by atoms with E-state index in [1.165, 1.54) is 5.56 Å². The minimum Gasteiger partial charge on any atom is -0.496 e. The van der Waals surface area contributed by atoms with E-state index in [1.54, 1.807) is 26.6 Å². The van der Waals surface area contributed by atoms with Crippen LogP contribution in [0.2, 0.25) is 0 Å². The molecule has 0 fully saturated rings. The molecule has 0 saturated carbocycles. The number of nitrogens with one attached hydrogen (secondary N) is 1. The third-order valence-electron chi connectivity index (χ3n) is 4.46. The van der Waals surface area contributed by atoms with Crippen LogP contribution >= 0.6 is 0 Å². The number of nitrogens with zero attached hydrogens (tertiary/aromatic N) is 1. The minimum atomic E-state index is 0.482. The molecule has 1 heterocycles. The molecule has 3 rings (SSSR count). The highest BCUT2D eigenvalue weighted by Crippen LogP contribution is 2.28. The molecule has 0 unspecified atom stereocenters. The number of rotatable bonds is 10. The summed E-state index contributed by atoms with van der Waals surface area (Å²) in [5, 5.41) is 3.47. The maximum Gasteiger partial charge on any atom is 0.161 e. The summed E-state index contributed by atoms with van der Waals surface area (Å²) < 4.78 is 16.8. The molecule has 2 aromatic carbocycles. The molecular weight excluding hydrogens is 352 g/mol. The number of methoxy groups -OCH3 is 2. The van der Waals surface area contributed by atoms with Crippen molar-refractivity contribution in [1.82, 2.24) is 10.3 Å². The molecule has 5 heteroatoms. The van der Waals surface area contributed by atoms with Crippen molar-refractivity contribution in [3.8, 4) is 17.2 Å². The second-order valence-electron chi connectivity index (χ2n) is 6.37. The van der Waals surface area contributed by atoms with Crippen molar-refractivity contribution >= 4 is 0 Å². The van der Waals surface area contributed by atoms with Crippen molar-refractivity contribution in [1.29, 1.82) is 0 Å². The topological polar surface area (TPSA) is 52.6 Å². The lowest BCUT2D eigenvalue weighted by Gasteiger charge is -2.13. The summed E-state index contributed by atoms with van der Waals surface area (Å²) in [4.78, 5) is 4.02. The summed E-state index contributed by atoms with van der Waals surface area (Å²) in [6.45, 7) is 2.11. The van der Waals surface area contributed by atoms with E-state index >= 15 is 0 Å². The van der Waals surface area contributed by atoms with Crippen LogP contribution in [0.25, 0.3) is 0 Å². The van der Waals surface area contributed by atoms with E-state index in [2.05, 4.69) is 22.4 Å². The summed E-state index contributed by atoms with van der Waals surface area (Å²) in [5.74, 6) is 2.40. The van der Waals surface area contributed by atoms with Crippen LogP contribution in [0.1, 0.15) is 16.7 Å². The highest BCUT2D eigenvalue weighted by Gasteiger charge is 2.07. The Bertz CT molecular complexity index is 869. The lowest BCUT2D eigenvalue weighted by Crippen LogP contribution is -2.17. The van der Waals surface area contributed by atoms with Gasteiger partial charge in [0, 0.05) is 18.9 Å². The van der Waals surface area contributed by atoms with Gasteiger partial charge < -0.3 is 19.5 Å². The van der Waals surface area contributed by atoms with Crippen molar-refractivity contribution in [3.63, 3.8) is 0 Å². The van der Waals surface area contributed by atoms with Crippen molar-refractivity contribution < 1.29 is 14.2 Å².